The highest BCUT2D eigenvalue weighted by Crippen LogP contribution is 2.12. The monoisotopic (exact) mass is 185 g/mol. The molecular weight excluding hydrogens is 178 g/mol. The first-order valence-corrected chi connectivity index (χ1v) is 4.19. The van der Waals surface area contributed by atoms with Crippen molar-refractivity contribution in [2.45, 2.75) is 12.5 Å². The predicted molar refractivity (Wildman–Crippen MR) is 45.2 cm³/mol. The lowest BCUT2D eigenvalue weighted by Crippen LogP contribution is -2.19. The van der Waals surface area contributed by atoms with Crippen molar-refractivity contribution in [3.8, 4) is 0 Å². The zero-order chi connectivity index (χ0) is 8.97. The van der Waals surface area contributed by atoms with Crippen LogP contribution in [0.25, 0.3) is 0 Å². The molecule has 1 aromatic heterocycles. The van der Waals surface area contributed by atoms with E-state index in [0.717, 1.165) is 4.88 Å². The van der Waals surface area contributed by atoms with Gasteiger partial charge in [0.15, 0.2) is 6.04 Å². The molecule has 0 radical (unpaired) electrons. The van der Waals surface area contributed by atoms with Gasteiger partial charge in [0.05, 0.1) is 0 Å². The van der Waals surface area contributed by atoms with Gasteiger partial charge in [-0.25, -0.2) is 4.79 Å². The molecule has 5 heteroatoms. The molecule has 64 valence electrons. The molecule has 0 fully saturated rings. The normalized spacial score (nSPS) is 12.3. The van der Waals surface area contributed by atoms with Crippen LogP contribution in [0.15, 0.2) is 22.7 Å². The Morgan fingerprint density at radius 1 is 1.75 bits per heavy atom. The predicted octanol–water partition coefficient (Wildman–Crippen LogP) is 1.51. The maximum atomic E-state index is 10.4. The number of nitrogens with zero attached hydrogens (tertiary/aromatic N) is 1. The second-order valence-electron chi connectivity index (χ2n) is 2.24. The number of nitroso groups, excluding NO2 is 1. The van der Waals surface area contributed by atoms with Gasteiger partial charge in [0.1, 0.15) is 0 Å². The molecule has 0 spiro atoms. The fraction of sp³-hybridized carbons (Fsp3) is 0.286. The van der Waals surface area contributed by atoms with E-state index in [2.05, 4.69) is 5.18 Å². The fourth-order valence-electron chi connectivity index (χ4n) is 0.789. The molecule has 0 saturated carbocycles. The number of carboxylic acids is 1. The molecule has 1 heterocycles. The number of hydrogen-bond acceptors (Lipinski definition) is 4. The van der Waals surface area contributed by atoms with Crippen LogP contribution < -0.4 is 0 Å². The Bertz CT molecular complexity index is 270. The molecule has 0 aliphatic heterocycles. The van der Waals surface area contributed by atoms with Crippen LogP contribution in [0.1, 0.15) is 4.88 Å². The summed E-state index contributed by atoms with van der Waals surface area (Å²) in [5, 5.41) is 12.8. The summed E-state index contributed by atoms with van der Waals surface area (Å²) in [6, 6.07) is 2.44. The Morgan fingerprint density at radius 3 is 2.92 bits per heavy atom. The van der Waals surface area contributed by atoms with E-state index in [1.807, 2.05) is 11.4 Å². The van der Waals surface area contributed by atoms with Crippen molar-refractivity contribution in [2.75, 3.05) is 0 Å². The number of carbonyl (C=O) groups is 1. The van der Waals surface area contributed by atoms with Crippen LogP contribution in [0.2, 0.25) is 0 Å². The summed E-state index contributed by atoms with van der Waals surface area (Å²) in [6.45, 7) is 0. The van der Waals surface area contributed by atoms with E-state index in [0.29, 0.717) is 0 Å². The van der Waals surface area contributed by atoms with Crippen molar-refractivity contribution >= 4 is 17.3 Å². The van der Waals surface area contributed by atoms with Gasteiger partial charge >= 0.3 is 5.97 Å². The minimum Gasteiger partial charge on any atom is -0.480 e. The van der Waals surface area contributed by atoms with E-state index in [4.69, 9.17) is 5.11 Å². The van der Waals surface area contributed by atoms with Crippen molar-refractivity contribution in [1.82, 2.24) is 0 Å². The van der Waals surface area contributed by atoms with Gasteiger partial charge in [-0.05, 0) is 11.4 Å². The number of rotatable bonds is 4. The molecule has 0 bridgehead atoms. The molecule has 0 aliphatic carbocycles. The van der Waals surface area contributed by atoms with E-state index in [-0.39, 0.29) is 6.42 Å². The molecular formula is C7H7NO3S. The Balaban J connectivity index is 2.60. The quantitative estimate of drug-likeness (QED) is 0.723. The summed E-state index contributed by atoms with van der Waals surface area (Å²) < 4.78 is 0. The molecule has 1 atom stereocenters. The molecule has 1 N–H and O–H groups in total. The molecule has 12 heavy (non-hydrogen) atoms. The van der Waals surface area contributed by atoms with Crippen LogP contribution >= 0.6 is 11.3 Å². The highest BCUT2D eigenvalue weighted by Gasteiger charge is 2.18. The van der Waals surface area contributed by atoms with Gasteiger partial charge in [0, 0.05) is 11.3 Å². The lowest BCUT2D eigenvalue weighted by molar-refractivity contribution is -0.138. The molecule has 1 unspecified atom stereocenters. The Morgan fingerprint density at radius 2 is 2.50 bits per heavy atom. The third-order valence-electron chi connectivity index (χ3n) is 1.39. The van der Waals surface area contributed by atoms with Crippen LogP contribution in [0, 0.1) is 4.91 Å². The van der Waals surface area contributed by atoms with Gasteiger partial charge in [-0.3, -0.25) is 0 Å². The maximum Gasteiger partial charge on any atom is 0.332 e. The molecule has 0 saturated heterocycles. The first-order chi connectivity index (χ1) is 5.74. The summed E-state index contributed by atoms with van der Waals surface area (Å²) >= 11 is 1.42. The van der Waals surface area contributed by atoms with Gasteiger partial charge in [-0.1, -0.05) is 11.2 Å². The van der Waals surface area contributed by atoms with Crippen LogP contribution in [0.4, 0.5) is 0 Å². The van der Waals surface area contributed by atoms with Gasteiger partial charge < -0.3 is 5.11 Å². The van der Waals surface area contributed by atoms with Crippen LogP contribution in [-0.4, -0.2) is 17.1 Å². The van der Waals surface area contributed by atoms with E-state index >= 15 is 0 Å². The molecule has 4 nitrogen and oxygen atoms in total. The van der Waals surface area contributed by atoms with E-state index in [1.165, 1.54) is 11.3 Å². The third-order valence-corrected chi connectivity index (χ3v) is 2.29. The first kappa shape index (κ1) is 8.86. The number of carboxylic acid groups (broad SMARTS) is 1. The smallest absolute Gasteiger partial charge is 0.332 e. The van der Waals surface area contributed by atoms with E-state index in [1.54, 1.807) is 6.07 Å². The topological polar surface area (TPSA) is 66.7 Å². The largest absolute Gasteiger partial charge is 0.480 e. The summed E-state index contributed by atoms with van der Waals surface area (Å²) in [4.78, 5) is 21.3. The molecule has 0 aromatic carbocycles. The lowest BCUT2D eigenvalue weighted by Gasteiger charge is -1.99. The highest BCUT2D eigenvalue weighted by molar-refractivity contribution is 7.09. The van der Waals surface area contributed by atoms with E-state index < -0.39 is 12.0 Å². The van der Waals surface area contributed by atoms with E-state index in [9.17, 15) is 9.70 Å². The number of aliphatic carboxylic acids is 1. The van der Waals surface area contributed by atoms with Gasteiger partial charge in [0.25, 0.3) is 0 Å². The Hall–Kier alpha value is -1.23. The SMILES string of the molecule is O=NC(Cc1cccs1)C(=O)O. The Kier molecular flexibility index (Phi) is 2.93. The third kappa shape index (κ3) is 2.13. The molecule has 0 aliphatic rings. The maximum absolute atomic E-state index is 10.4. The van der Waals surface area contributed by atoms with Gasteiger partial charge in [0.2, 0.25) is 0 Å². The zero-order valence-electron chi connectivity index (χ0n) is 6.14. The fourth-order valence-corrected chi connectivity index (χ4v) is 1.53. The summed E-state index contributed by atoms with van der Waals surface area (Å²) in [5.41, 5.74) is 0. The minimum absolute atomic E-state index is 0.191. The average Bonchev–Trinajstić information content (AvgIpc) is 2.51. The summed E-state index contributed by atoms with van der Waals surface area (Å²) in [7, 11) is 0. The summed E-state index contributed by atoms with van der Waals surface area (Å²) in [6.07, 6.45) is 0.191. The number of hydrogen-bond donors (Lipinski definition) is 1. The van der Waals surface area contributed by atoms with Gasteiger partial charge in [-0.2, -0.15) is 0 Å². The average molecular weight is 185 g/mol. The molecule has 0 amide bonds. The van der Waals surface area contributed by atoms with Crippen LogP contribution in [-0.2, 0) is 11.2 Å². The van der Waals surface area contributed by atoms with Crippen LogP contribution in [0.5, 0.6) is 0 Å². The van der Waals surface area contributed by atoms with Gasteiger partial charge in [-0.15, -0.1) is 16.2 Å². The minimum atomic E-state index is -1.17. The van der Waals surface area contributed by atoms with Crippen LogP contribution in [0.3, 0.4) is 0 Å². The lowest BCUT2D eigenvalue weighted by atomic mass is 10.2. The van der Waals surface area contributed by atoms with Crippen molar-refractivity contribution in [3.63, 3.8) is 0 Å². The second kappa shape index (κ2) is 3.96. The summed E-state index contributed by atoms with van der Waals surface area (Å²) in [5.74, 6) is -1.17. The van der Waals surface area contributed by atoms with Crippen molar-refractivity contribution < 1.29 is 9.90 Å². The number of thiophene rings is 1. The van der Waals surface area contributed by atoms with Crippen molar-refractivity contribution in [3.05, 3.63) is 27.3 Å². The first-order valence-electron chi connectivity index (χ1n) is 3.31. The zero-order valence-corrected chi connectivity index (χ0v) is 6.95. The second-order valence-corrected chi connectivity index (χ2v) is 3.28. The standard InChI is InChI=1S/C7H7NO3S/c9-7(10)6(8-11)4-5-2-1-3-12-5/h1-3,6H,4H2,(H,9,10). The van der Waals surface area contributed by atoms with Crippen molar-refractivity contribution in [1.29, 1.82) is 0 Å². The molecule has 1 aromatic rings. The Labute approximate surface area is 72.8 Å². The molecule has 1 rings (SSSR count). The highest BCUT2D eigenvalue weighted by atomic mass is 32.1. The van der Waals surface area contributed by atoms with Crippen molar-refractivity contribution in [2.24, 2.45) is 5.18 Å².